The molecule has 1 amide bonds. The van der Waals surface area contributed by atoms with Gasteiger partial charge >= 0.3 is 12.1 Å². The van der Waals surface area contributed by atoms with Crippen LogP contribution in [0.15, 0.2) is 40.3 Å². The first-order chi connectivity index (χ1) is 14.2. The lowest BCUT2D eigenvalue weighted by Crippen LogP contribution is -2.33. The number of halogens is 3. The van der Waals surface area contributed by atoms with Crippen molar-refractivity contribution in [1.82, 2.24) is 9.80 Å². The first-order valence-corrected chi connectivity index (χ1v) is 10.1. The van der Waals surface area contributed by atoms with E-state index in [2.05, 4.69) is 22.4 Å². The number of furan rings is 1. The Morgan fingerprint density at radius 1 is 1.20 bits per heavy atom. The van der Waals surface area contributed by atoms with Crippen molar-refractivity contribution in [2.24, 2.45) is 5.92 Å². The van der Waals surface area contributed by atoms with Crippen molar-refractivity contribution in [2.45, 2.75) is 18.8 Å². The highest BCUT2D eigenvalue weighted by Gasteiger charge is 2.39. The van der Waals surface area contributed by atoms with Gasteiger partial charge in [0.15, 0.2) is 5.76 Å². The van der Waals surface area contributed by atoms with Crippen molar-refractivity contribution in [3.8, 4) is 0 Å². The minimum absolute atomic E-state index is 0.0310. The summed E-state index contributed by atoms with van der Waals surface area (Å²) in [5, 5.41) is 9.24. The Balaban J connectivity index is 0.000000318. The maximum atomic E-state index is 12.4. The van der Waals surface area contributed by atoms with Crippen LogP contribution in [-0.4, -0.2) is 71.8 Å². The summed E-state index contributed by atoms with van der Waals surface area (Å²) in [6.45, 7) is 5.04. The van der Waals surface area contributed by atoms with Gasteiger partial charge in [0.2, 0.25) is 0 Å². The summed E-state index contributed by atoms with van der Waals surface area (Å²) < 4.78 is 43.0. The van der Waals surface area contributed by atoms with Gasteiger partial charge in [0.25, 0.3) is 5.91 Å². The number of carboxylic acid groups (broad SMARTS) is 1. The molecule has 2 atom stereocenters. The molecule has 0 aromatic carbocycles. The van der Waals surface area contributed by atoms with Crippen molar-refractivity contribution >= 4 is 23.2 Å². The van der Waals surface area contributed by atoms with E-state index in [9.17, 15) is 18.0 Å². The van der Waals surface area contributed by atoms with Crippen LogP contribution in [0.1, 0.15) is 15.4 Å². The monoisotopic (exact) mass is 446 g/mol. The van der Waals surface area contributed by atoms with Crippen LogP contribution in [0.3, 0.4) is 0 Å². The maximum absolute atomic E-state index is 12.4. The van der Waals surface area contributed by atoms with Gasteiger partial charge in [-0.25, -0.2) is 4.79 Å². The van der Waals surface area contributed by atoms with Gasteiger partial charge in [0.1, 0.15) is 0 Å². The second kappa shape index (κ2) is 9.63. The minimum atomic E-state index is -5.08. The van der Waals surface area contributed by atoms with E-state index in [0.29, 0.717) is 18.2 Å². The Morgan fingerprint density at radius 3 is 2.57 bits per heavy atom. The lowest BCUT2D eigenvalue weighted by atomic mass is 10.1. The molecule has 2 fully saturated rings. The molecule has 30 heavy (non-hydrogen) atoms. The zero-order valence-electron chi connectivity index (χ0n) is 15.9. The highest BCUT2D eigenvalue weighted by molar-refractivity contribution is 7.09. The van der Waals surface area contributed by atoms with Gasteiger partial charge in [-0.05, 0) is 23.6 Å². The molecule has 0 saturated carbocycles. The number of amides is 1. The molecule has 2 aromatic rings. The topological polar surface area (TPSA) is 83.2 Å². The molecule has 1 N–H and O–H groups in total. The van der Waals surface area contributed by atoms with Gasteiger partial charge in [0.05, 0.1) is 19.0 Å². The SMILES string of the molecule is O=C(O)C(F)(F)F.O=C(c1ccco1)N1C[C@@H]2CN(Cc3cccs3)CCO[C@@H]2C1. The van der Waals surface area contributed by atoms with Crippen LogP contribution < -0.4 is 0 Å². The molecule has 7 nitrogen and oxygen atoms in total. The summed E-state index contributed by atoms with van der Waals surface area (Å²) in [7, 11) is 0. The third kappa shape index (κ3) is 5.83. The van der Waals surface area contributed by atoms with Gasteiger partial charge in [0, 0.05) is 43.5 Å². The van der Waals surface area contributed by atoms with Crippen molar-refractivity contribution in [3.63, 3.8) is 0 Å². The molecule has 4 heterocycles. The van der Waals surface area contributed by atoms with Crippen LogP contribution in [0.4, 0.5) is 13.2 Å². The molecule has 0 radical (unpaired) electrons. The van der Waals surface area contributed by atoms with E-state index >= 15 is 0 Å². The van der Waals surface area contributed by atoms with Crippen LogP contribution in [0.2, 0.25) is 0 Å². The highest BCUT2D eigenvalue weighted by Crippen LogP contribution is 2.26. The van der Waals surface area contributed by atoms with E-state index in [1.54, 1.807) is 29.7 Å². The number of likely N-dealkylation sites (tertiary alicyclic amines) is 1. The number of hydrogen-bond acceptors (Lipinski definition) is 6. The number of nitrogens with zero attached hydrogens (tertiary/aromatic N) is 2. The zero-order valence-corrected chi connectivity index (χ0v) is 16.7. The largest absolute Gasteiger partial charge is 0.490 e. The molecule has 2 aliphatic rings. The summed E-state index contributed by atoms with van der Waals surface area (Å²) >= 11 is 1.79. The maximum Gasteiger partial charge on any atom is 0.490 e. The number of carbonyl (C=O) groups is 2. The number of fused-ring (bicyclic) bond motifs is 1. The fraction of sp³-hybridized carbons (Fsp3) is 0.474. The Kier molecular flexibility index (Phi) is 7.16. The number of aliphatic carboxylic acids is 1. The molecule has 0 bridgehead atoms. The Bertz CT molecular complexity index is 826. The number of carbonyl (C=O) groups excluding carboxylic acids is 1. The van der Waals surface area contributed by atoms with E-state index in [0.717, 1.165) is 32.8 Å². The lowest BCUT2D eigenvalue weighted by molar-refractivity contribution is -0.192. The summed E-state index contributed by atoms with van der Waals surface area (Å²) in [5.41, 5.74) is 0. The van der Waals surface area contributed by atoms with Crippen LogP contribution in [0, 0.1) is 5.92 Å². The summed E-state index contributed by atoms with van der Waals surface area (Å²) in [6, 6.07) is 7.74. The third-order valence-electron chi connectivity index (χ3n) is 4.83. The smallest absolute Gasteiger partial charge is 0.475 e. The predicted molar refractivity (Wildman–Crippen MR) is 101 cm³/mol. The molecule has 0 spiro atoms. The molecule has 0 aliphatic carbocycles. The van der Waals surface area contributed by atoms with E-state index in [4.69, 9.17) is 19.1 Å². The molecule has 0 unspecified atom stereocenters. The minimum Gasteiger partial charge on any atom is -0.475 e. The molecule has 11 heteroatoms. The van der Waals surface area contributed by atoms with E-state index in [-0.39, 0.29) is 12.0 Å². The summed E-state index contributed by atoms with van der Waals surface area (Å²) in [4.78, 5) is 27.0. The number of rotatable bonds is 3. The molecular formula is C19H21F3N2O5S. The second-order valence-corrected chi connectivity index (χ2v) is 8.01. The fourth-order valence-electron chi connectivity index (χ4n) is 3.45. The van der Waals surface area contributed by atoms with Gasteiger partial charge in [-0.1, -0.05) is 6.07 Å². The van der Waals surface area contributed by atoms with Crippen molar-refractivity contribution < 1.29 is 37.0 Å². The highest BCUT2D eigenvalue weighted by atomic mass is 32.1. The van der Waals surface area contributed by atoms with Gasteiger partial charge in [-0.2, -0.15) is 13.2 Å². The van der Waals surface area contributed by atoms with Crippen molar-refractivity contribution in [2.75, 3.05) is 32.8 Å². The zero-order chi connectivity index (χ0) is 21.7. The molecule has 4 rings (SSSR count). The number of alkyl halides is 3. The number of carboxylic acids is 1. The fourth-order valence-corrected chi connectivity index (χ4v) is 4.20. The summed E-state index contributed by atoms with van der Waals surface area (Å²) in [5.74, 6) is -2.00. The Morgan fingerprint density at radius 2 is 1.97 bits per heavy atom. The number of thiophene rings is 1. The van der Waals surface area contributed by atoms with Crippen LogP contribution in [0.5, 0.6) is 0 Å². The first kappa shape index (κ1) is 22.3. The molecule has 164 valence electrons. The van der Waals surface area contributed by atoms with E-state index in [1.807, 2.05) is 4.90 Å². The molecular weight excluding hydrogens is 425 g/mol. The van der Waals surface area contributed by atoms with Gasteiger partial charge in [-0.3, -0.25) is 9.69 Å². The second-order valence-electron chi connectivity index (χ2n) is 6.97. The standard InChI is InChI=1S/C17H20N2O3S.C2HF3O2/c20-17(15-4-1-6-21-15)19-10-13-9-18(5-7-22-16(13)12-19)11-14-3-2-8-23-14;3-2(4,5)1(6)7/h1-4,6,8,13,16H,5,7,9-12H2;(H,6,7)/t13-,16+;/m0./s1. The Hall–Kier alpha value is -2.37. The van der Waals surface area contributed by atoms with Gasteiger partial charge in [-0.15, -0.1) is 11.3 Å². The van der Waals surface area contributed by atoms with Gasteiger partial charge < -0.3 is 19.2 Å². The quantitative estimate of drug-likeness (QED) is 0.781. The number of hydrogen-bond donors (Lipinski definition) is 1. The predicted octanol–water partition coefficient (Wildman–Crippen LogP) is 2.95. The first-order valence-electron chi connectivity index (χ1n) is 9.23. The molecule has 2 aliphatic heterocycles. The van der Waals surface area contributed by atoms with Crippen molar-refractivity contribution in [1.29, 1.82) is 0 Å². The van der Waals surface area contributed by atoms with E-state index in [1.165, 1.54) is 4.88 Å². The average Bonchev–Trinajstić information content (AvgIpc) is 3.42. The van der Waals surface area contributed by atoms with E-state index < -0.39 is 12.1 Å². The summed E-state index contributed by atoms with van der Waals surface area (Å²) in [6.07, 6.45) is -3.40. The molecule has 2 aromatic heterocycles. The average molecular weight is 446 g/mol. The third-order valence-corrected chi connectivity index (χ3v) is 5.70. The Labute approximate surface area is 174 Å². The number of ether oxygens (including phenoxy) is 1. The normalized spacial score (nSPS) is 22.0. The van der Waals surface area contributed by atoms with Crippen LogP contribution in [0.25, 0.3) is 0 Å². The lowest BCUT2D eigenvalue weighted by Gasteiger charge is -2.22. The van der Waals surface area contributed by atoms with Crippen LogP contribution >= 0.6 is 11.3 Å². The van der Waals surface area contributed by atoms with Crippen molar-refractivity contribution in [3.05, 3.63) is 46.5 Å². The molecule has 2 saturated heterocycles. The van der Waals surface area contributed by atoms with Crippen LogP contribution in [-0.2, 0) is 16.1 Å².